The molecule has 19 heavy (non-hydrogen) atoms. The molecule has 1 aliphatic heterocycles. The van der Waals surface area contributed by atoms with Gasteiger partial charge in [0.2, 0.25) is 0 Å². The van der Waals surface area contributed by atoms with Crippen molar-refractivity contribution in [3.05, 3.63) is 35.4 Å². The Labute approximate surface area is 117 Å². The van der Waals surface area contributed by atoms with Crippen molar-refractivity contribution in [2.75, 3.05) is 0 Å². The minimum Gasteiger partial charge on any atom is -0.335 e. The van der Waals surface area contributed by atoms with Crippen molar-refractivity contribution in [3.63, 3.8) is 0 Å². The average molecular weight is 258 g/mol. The van der Waals surface area contributed by atoms with Crippen LogP contribution in [0, 0.1) is 0 Å². The van der Waals surface area contributed by atoms with E-state index in [1.165, 1.54) is 38.5 Å². The summed E-state index contributed by atoms with van der Waals surface area (Å²) in [5, 5.41) is 2.71. The van der Waals surface area contributed by atoms with Gasteiger partial charge in [-0.2, -0.15) is 0 Å². The predicted octanol–water partition coefficient (Wildman–Crippen LogP) is 3.70. The van der Waals surface area contributed by atoms with Gasteiger partial charge in [-0.1, -0.05) is 44.5 Å². The summed E-state index contributed by atoms with van der Waals surface area (Å²) >= 11 is 0. The maximum absolute atomic E-state index is 2.71. The molecule has 1 heterocycles. The lowest BCUT2D eigenvalue weighted by atomic mass is 9.69. The summed E-state index contributed by atoms with van der Waals surface area (Å²) in [6.45, 7) is 7.30. The van der Waals surface area contributed by atoms with E-state index in [2.05, 4.69) is 50.4 Å². The molecule has 0 bridgehead atoms. The molecule has 3 rings (SSSR count). The first kappa shape index (κ1) is 13.2. The van der Waals surface area contributed by atoms with Gasteiger partial charge in [0, 0.05) is 24.8 Å². The smallest absolute Gasteiger partial charge is 0.109 e. The van der Waals surface area contributed by atoms with Crippen LogP contribution in [-0.2, 0) is 5.41 Å². The number of quaternary nitrogens is 1. The van der Waals surface area contributed by atoms with E-state index in [0.29, 0.717) is 17.0 Å². The van der Waals surface area contributed by atoms with Crippen molar-refractivity contribution in [2.45, 2.75) is 76.3 Å². The van der Waals surface area contributed by atoms with Gasteiger partial charge in [-0.3, -0.25) is 0 Å². The second-order valence-electron chi connectivity index (χ2n) is 7.53. The molecule has 1 heteroatoms. The number of nitrogens with two attached hydrogens (primary N) is 1. The monoisotopic (exact) mass is 258 g/mol. The van der Waals surface area contributed by atoms with Gasteiger partial charge >= 0.3 is 0 Å². The molecule has 0 aromatic heterocycles. The van der Waals surface area contributed by atoms with Gasteiger partial charge in [-0.25, -0.2) is 0 Å². The van der Waals surface area contributed by atoms with Gasteiger partial charge in [0.15, 0.2) is 0 Å². The quantitative estimate of drug-likeness (QED) is 0.731. The van der Waals surface area contributed by atoms with E-state index >= 15 is 0 Å². The third-order valence-corrected chi connectivity index (χ3v) is 5.43. The Hall–Kier alpha value is -0.820. The first-order chi connectivity index (χ1) is 9.03. The van der Waals surface area contributed by atoms with E-state index in [0.717, 1.165) is 0 Å². The third-order valence-electron chi connectivity index (χ3n) is 5.43. The highest BCUT2D eigenvalue weighted by Crippen LogP contribution is 2.42. The summed E-state index contributed by atoms with van der Waals surface area (Å²) in [4.78, 5) is 0. The normalized spacial score (nSPS) is 28.7. The number of hydrogen-bond donors (Lipinski definition) is 1. The average Bonchev–Trinajstić information content (AvgIpc) is 2.45. The van der Waals surface area contributed by atoms with E-state index in [1.807, 2.05) is 0 Å². The van der Waals surface area contributed by atoms with Crippen LogP contribution < -0.4 is 5.32 Å². The molecular formula is C18H28N+. The Balaban J connectivity index is 2.03. The maximum Gasteiger partial charge on any atom is 0.109 e. The van der Waals surface area contributed by atoms with Crippen molar-refractivity contribution in [1.29, 1.82) is 0 Å². The van der Waals surface area contributed by atoms with Crippen molar-refractivity contribution >= 4 is 0 Å². The largest absolute Gasteiger partial charge is 0.335 e. The lowest BCUT2D eigenvalue weighted by Crippen LogP contribution is -2.97. The lowest BCUT2D eigenvalue weighted by molar-refractivity contribution is -0.763. The zero-order valence-electron chi connectivity index (χ0n) is 12.7. The second kappa shape index (κ2) is 4.63. The van der Waals surface area contributed by atoms with Gasteiger partial charge in [0.1, 0.15) is 6.04 Å². The molecule has 1 nitrogen and oxygen atoms in total. The molecule has 1 spiro atoms. The zero-order chi connectivity index (χ0) is 13.5. The second-order valence-corrected chi connectivity index (χ2v) is 7.53. The fourth-order valence-corrected chi connectivity index (χ4v) is 4.76. The van der Waals surface area contributed by atoms with E-state index in [1.54, 1.807) is 11.1 Å². The Kier molecular flexibility index (Phi) is 3.21. The van der Waals surface area contributed by atoms with Gasteiger partial charge in [-0.15, -0.1) is 0 Å². The van der Waals surface area contributed by atoms with Crippen molar-refractivity contribution < 1.29 is 5.32 Å². The number of benzene rings is 1. The van der Waals surface area contributed by atoms with Crippen LogP contribution in [0.2, 0.25) is 0 Å². The first-order valence-corrected chi connectivity index (χ1v) is 7.98. The molecule has 0 radical (unpaired) electrons. The summed E-state index contributed by atoms with van der Waals surface area (Å²) < 4.78 is 0. The van der Waals surface area contributed by atoms with Crippen LogP contribution in [0.5, 0.6) is 0 Å². The molecule has 1 aromatic rings. The molecule has 1 atom stereocenters. The number of hydrogen-bond acceptors (Lipinski definition) is 0. The third kappa shape index (κ3) is 2.33. The van der Waals surface area contributed by atoms with E-state index in [-0.39, 0.29) is 0 Å². The highest BCUT2D eigenvalue weighted by molar-refractivity contribution is 5.36. The highest BCUT2D eigenvalue weighted by atomic mass is 15.0. The molecule has 104 valence electrons. The van der Waals surface area contributed by atoms with Crippen molar-refractivity contribution in [3.8, 4) is 0 Å². The molecule has 1 aliphatic carbocycles. The Bertz CT molecular complexity index is 455. The predicted molar refractivity (Wildman–Crippen MR) is 80.2 cm³/mol. The van der Waals surface area contributed by atoms with Crippen LogP contribution >= 0.6 is 0 Å². The first-order valence-electron chi connectivity index (χ1n) is 7.98. The van der Waals surface area contributed by atoms with Crippen LogP contribution in [0.1, 0.15) is 76.5 Å². The molecule has 2 aliphatic rings. The molecule has 2 N–H and O–H groups in total. The zero-order valence-corrected chi connectivity index (χ0v) is 12.7. The topological polar surface area (TPSA) is 16.6 Å². The molecule has 1 saturated carbocycles. The summed E-state index contributed by atoms with van der Waals surface area (Å²) in [6, 6.07) is 9.74. The SMILES string of the molecule is CC1[NH2+]C2(CCCCC2)CC(C)(C)c2ccccc21. The molecule has 1 unspecified atom stereocenters. The summed E-state index contributed by atoms with van der Waals surface area (Å²) in [6.07, 6.45) is 8.45. The van der Waals surface area contributed by atoms with Crippen LogP contribution in [0.15, 0.2) is 24.3 Å². The van der Waals surface area contributed by atoms with Crippen LogP contribution in [0.25, 0.3) is 0 Å². The minimum atomic E-state index is 0.315. The maximum atomic E-state index is 2.71. The fraction of sp³-hybridized carbons (Fsp3) is 0.667. The standard InChI is InChI=1S/C18H27N/c1-14-15-9-5-6-10-16(15)17(2,3)13-18(19-14)11-7-4-8-12-18/h5-6,9-10,14,19H,4,7-8,11-13H2,1-3H3/p+1. The number of fused-ring (bicyclic) bond motifs is 1. The Morgan fingerprint density at radius 3 is 2.47 bits per heavy atom. The molecular weight excluding hydrogens is 230 g/mol. The van der Waals surface area contributed by atoms with Crippen LogP contribution in [-0.4, -0.2) is 5.54 Å². The molecule has 1 aromatic carbocycles. The summed E-state index contributed by atoms with van der Waals surface area (Å²) in [5.74, 6) is 0. The van der Waals surface area contributed by atoms with Crippen LogP contribution in [0.3, 0.4) is 0 Å². The van der Waals surface area contributed by atoms with Crippen molar-refractivity contribution in [1.82, 2.24) is 0 Å². The van der Waals surface area contributed by atoms with Crippen molar-refractivity contribution in [2.24, 2.45) is 0 Å². The minimum absolute atomic E-state index is 0.315. The van der Waals surface area contributed by atoms with Gasteiger partial charge in [0.25, 0.3) is 0 Å². The lowest BCUT2D eigenvalue weighted by Gasteiger charge is -2.39. The molecule has 0 amide bonds. The fourth-order valence-electron chi connectivity index (χ4n) is 4.76. The van der Waals surface area contributed by atoms with Gasteiger partial charge in [-0.05, 0) is 30.7 Å². The summed E-state index contributed by atoms with van der Waals surface area (Å²) in [5.41, 5.74) is 3.96. The van der Waals surface area contributed by atoms with E-state index in [4.69, 9.17) is 0 Å². The molecule has 1 fully saturated rings. The molecule has 0 saturated heterocycles. The number of rotatable bonds is 0. The van der Waals surface area contributed by atoms with Gasteiger partial charge < -0.3 is 5.32 Å². The Morgan fingerprint density at radius 1 is 1.05 bits per heavy atom. The summed E-state index contributed by atoms with van der Waals surface area (Å²) in [7, 11) is 0. The highest BCUT2D eigenvalue weighted by Gasteiger charge is 2.45. The van der Waals surface area contributed by atoms with E-state index in [9.17, 15) is 0 Å². The Morgan fingerprint density at radius 2 is 1.74 bits per heavy atom. The van der Waals surface area contributed by atoms with E-state index < -0.39 is 0 Å². The van der Waals surface area contributed by atoms with Gasteiger partial charge in [0.05, 0.1) is 5.54 Å². The van der Waals surface area contributed by atoms with Crippen LogP contribution in [0.4, 0.5) is 0 Å².